The van der Waals surface area contributed by atoms with Gasteiger partial charge in [0.2, 0.25) is 0 Å². The van der Waals surface area contributed by atoms with E-state index in [1.165, 1.54) is 5.57 Å². The second-order valence-corrected chi connectivity index (χ2v) is 5.37. The van der Waals surface area contributed by atoms with Crippen molar-refractivity contribution in [3.63, 3.8) is 0 Å². The zero-order valence-corrected chi connectivity index (χ0v) is 9.72. The summed E-state index contributed by atoms with van der Waals surface area (Å²) in [7, 11) is 0. The van der Waals surface area contributed by atoms with Gasteiger partial charge < -0.3 is 0 Å². The van der Waals surface area contributed by atoms with Crippen LogP contribution in [-0.4, -0.2) is 4.86 Å². The zero-order valence-electron chi connectivity index (χ0n) is 8.90. The molecule has 0 fully saturated rings. The topological polar surface area (TPSA) is 0 Å². The summed E-state index contributed by atoms with van der Waals surface area (Å²) in [6, 6.07) is 0. The molecule has 0 aliphatic carbocycles. The third-order valence-corrected chi connectivity index (χ3v) is 2.30. The number of rotatable bonds is 3. The van der Waals surface area contributed by atoms with Crippen molar-refractivity contribution in [2.75, 3.05) is 0 Å². The fourth-order valence-electron chi connectivity index (χ4n) is 1.51. The maximum atomic E-state index is 5.12. The lowest BCUT2D eigenvalue weighted by Crippen LogP contribution is -2.22. The summed E-state index contributed by atoms with van der Waals surface area (Å²) in [5, 5.41) is 0. The van der Waals surface area contributed by atoms with Crippen LogP contribution in [0.5, 0.6) is 0 Å². The Balaban J connectivity index is 4.46. The van der Waals surface area contributed by atoms with Crippen molar-refractivity contribution in [3.8, 4) is 0 Å². The highest BCUT2D eigenvalue weighted by atomic mass is 32.1. The molecule has 0 N–H and O–H groups in total. The largest absolute Gasteiger partial charge is 0.0998 e. The lowest BCUT2D eigenvalue weighted by molar-refractivity contribution is 0.288. The number of thiocarbonyl (C=S) groups is 1. The van der Waals surface area contributed by atoms with Gasteiger partial charge in [-0.1, -0.05) is 45.1 Å². The van der Waals surface area contributed by atoms with Gasteiger partial charge in [-0.3, -0.25) is 0 Å². The minimum atomic E-state index is 0.284. The lowest BCUT2D eigenvalue weighted by Gasteiger charge is -2.31. The summed E-state index contributed by atoms with van der Waals surface area (Å²) in [6.07, 6.45) is 0.994. The standard InChI is InChI=1S/C11H20S/c1-8(2)10(7-9(3)12)11(4,5)6/h10H,1,7H2,2-6H3. The molecule has 0 bridgehead atoms. The smallest absolute Gasteiger partial charge is 0.00963 e. The van der Waals surface area contributed by atoms with Crippen molar-refractivity contribution in [1.82, 2.24) is 0 Å². The second kappa shape index (κ2) is 4.18. The van der Waals surface area contributed by atoms with Gasteiger partial charge in [0.1, 0.15) is 0 Å². The molecule has 0 saturated carbocycles. The predicted molar refractivity (Wildman–Crippen MR) is 60.6 cm³/mol. The van der Waals surface area contributed by atoms with Crippen LogP contribution in [0.4, 0.5) is 0 Å². The van der Waals surface area contributed by atoms with Gasteiger partial charge in [-0.2, -0.15) is 0 Å². The molecular weight excluding hydrogens is 164 g/mol. The van der Waals surface area contributed by atoms with Crippen LogP contribution < -0.4 is 0 Å². The number of allylic oxidation sites excluding steroid dienone is 1. The Morgan fingerprint density at radius 3 is 1.83 bits per heavy atom. The minimum Gasteiger partial charge on any atom is -0.0998 e. The average Bonchev–Trinajstić information content (AvgIpc) is 1.79. The molecule has 0 nitrogen and oxygen atoms in total. The van der Waals surface area contributed by atoms with Crippen LogP contribution in [0.1, 0.15) is 41.0 Å². The zero-order chi connectivity index (χ0) is 9.94. The summed E-state index contributed by atoms with van der Waals surface area (Å²) in [5.41, 5.74) is 1.53. The maximum absolute atomic E-state index is 5.12. The van der Waals surface area contributed by atoms with Gasteiger partial charge in [-0.15, -0.1) is 0 Å². The minimum absolute atomic E-state index is 0.284. The van der Waals surface area contributed by atoms with Gasteiger partial charge >= 0.3 is 0 Å². The molecule has 0 heterocycles. The molecule has 1 heteroatoms. The van der Waals surface area contributed by atoms with Crippen LogP contribution >= 0.6 is 12.2 Å². The van der Waals surface area contributed by atoms with E-state index in [0.29, 0.717) is 5.92 Å². The summed E-state index contributed by atoms with van der Waals surface area (Å²) in [4.78, 5) is 1.08. The summed E-state index contributed by atoms with van der Waals surface area (Å²) in [6.45, 7) is 14.8. The van der Waals surface area contributed by atoms with Gasteiger partial charge in [0.15, 0.2) is 0 Å². The SMILES string of the molecule is C=C(C)C(CC(C)=S)C(C)(C)C. The van der Waals surface area contributed by atoms with Crippen molar-refractivity contribution >= 4 is 17.1 Å². The van der Waals surface area contributed by atoms with E-state index in [-0.39, 0.29) is 5.41 Å². The van der Waals surface area contributed by atoms with Crippen molar-refractivity contribution < 1.29 is 0 Å². The molecule has 0 radical (unpaired) electrons. The van der Waals surface area contributed by atoms with Crippen LogP contribution in [0, 0.1) is 11.3 Å². The fraction of sp³-hybridized carbons (Fsp3) is 0.727. The lowest BCUT2D eigenvalue weighted by atomic mass is 9.75. The Kier molecular flexibility index (Phi) is 4.12. The van der Waals surface area contributed by atoms with Crippen LogP contribution in [-0.2, 0) is 0 Å². The van der Waals surface area contributed by atoms with Gasteiger partial charge in [0, 0.05) is 0 Å². The molecule has 0 aliphatic heterocycles. The number of hydrogen-bond acceptors (Lipinski definition) is 1. The molecule has 0 aromatic rings. The quantitative estimate of drug-likeness (QED) is 0.472. The highest BCUT2D eigenvalue weighted by molar-refractivity contribution is 7.80. The van der Waals surface area contributed by atoms with Gasteiger partial charge in [0.25, 0.3) is 0 Å². The first-order valence-corrected chi connectivity index (χ1v) is 4.81. The molecule has 1 unspecified atom stereocenters. The van der Waals surface area contributed by atoms with Crippen LogP contribution in [0.15, 0.2) is 12.2 Å². The molecule has 0 aliphatic rings. The monoisotopic (exact) mass is 184 g/mol. The normalized spacial score (nSPS) is 14.1. The Morgan fingerprint density at radius 2 is 1.75 bits per heavy atom. The molecule has 0 amide bonds. The van der Waals surface area contributed by atoms with E-state index in [0.717, 1.165) is 11.3 Å². The molecule has 1 atom stereocenters. The molecular formula is C11H20S. The van der Waals surface area contributed by atoms with Gasteiger partial charge in [-0.25, -0.2) is 0 Å². The Bertz CT molecular complexity index is 184. The Hall–Kier alpha value is -0.170. The van der Waals surface area contributed by atoms with E-state index in [2.05, 4.69) is 34.3 Å². The van der Waals surface area contributed by atoms with Crippen molar-refractivity contribution in [3.05, 3.63) is 12.2 Å². The number of hydrogen-bond donors (Lipinski definition) is 0. The van der Waals surface area contributed by atoms with E-state index in [4.69, 9.17) is 12.2 Å². The van der Waals surface area contributed by atoms with Crippen molar-refractivity contribution in [1.29, 1.82) is 0 Å². The van der Waals surface area contributed by atoms with Crippen LogP contribution in [0.2, 0.25) is 0 Å². The van der Waals surface area contributed by atoms with Crippen molar-refractivity contribution in [2.24, 2.45) is 11.3 Å². The average molecular weight is 184 g/mol. The molecule has 0 saturated heterocycles. The summed E-state index contributed by atoms with van der Waals surface area (Å²) < 4.78 is 0. The fourth-order valence-corrected chi connectivity index (χ4v) is 1.67. The van der Waals surface area contributed by atoms with E-state index in [9.17, 15) is 0 Å². The van der Waals surface area contributed by atoms with E-state index in [1.54, 1.807) is 0 Å². The summed E-state index contributed by atoms with van der Waals surface area (Å²) in [5.74, 6) is 0.523. The van der Waals surface area contributed by atoms with E-state index < -0.39 is 0 Å². The third kappa shape index (κ3) is 4.01. The molecule has 70 valence electrons. The van der Waals surface area contributed by atoms with E-state index >= 15 is 0 Å². The van der Waals surface area contributed by atoms with Gasteiger partial charge in [-0.05, 0) is 36.5 Å². The van der Waals surface area contributed by atoms with Crippen LogP contribution in [0.25, 0.3) is 0 Å². The Morgan fingerprint density at radius 1 is 1.33 bits per heavy atom. The maximum Gasteiger partial charge on any atom is -0.00963 e. The molecule has 12 heavy (non-hydrogen) atoms. The van der Waals surface area contributed by atoms with Crippen molar-refractivity contribution in [2.45, 2.75) is 41.0 Å². The van der Waals surface area contributed by atoms with Gasteiger partial charge in [0.05, 0.1) is 0 Å². The Labute approximate surface area is 82.1 Å². The third-order valence-electron chi connectivity index (χ3n) is 2.13. The second-order valence-electron chi connectivity index (χ2n) is 4.67. The highest BCUT2D eigenvalue weighted by Crippen LogP contribution is 2.33. The predicted octanol–water partition coefficient (Wildman–Crippen LogP) is 4.00. The molecule has 0 spiro atoms. The first-order valence-electron chi connectivity index (χ1n) is 4.40. The first-order chi connectivity index (χ1) is 5.25. The first kappa shape index (κ1) is 11.8. The molecule has 0 aromatic heterocycles. The van der Waals surface area contributed by atoms with E-state index in [1.807, 2.05) is 6.92 Å². The molecule has 0 aromatic carbocycles. The van der Waals surface area contributed by atoms with Crippen LogP contribution in [0.3, 0.4) is 0 Å². The summed E-state index contributed by atoms with van der Waals surface area (Å²) >= 11 is 5.12. The molecule has 0 rings (SSSR count). The highest BCUT2D eigenvalue weighted by Gasteiger charge is 2.24.